The fourth-order valence-electron chi connectivity index (χ4n) is 3.40. The molecule has 0 spiro atoms. The number of amides is 1. The number of ether oxygens (including phenoxy) is 1. The molecule has 1 atom stereocenters. The Morgan fingerprint density at radius 2 is 1.88 bits per heavy atom. The van der Waals surface area contributed by atoms with Crippen LogP contribution in [0.3, 0.4) is 0 Å². The Kier molecular flexibility index (Phi) is 3.94. The maximum atomic E-state index is 14.0. The van der Waals surface area contributed by atoms with E-state index in [4.69, 9.17) is 4.74 Å². The summed E-state index contributed by atoms with van der Waals surface area (Å²) in [5.41, 5.74) is 3.83. The zero-order valence-electron chi connectivity index (χ0n) is 13.3. The molecule has 1 fully saturated rings. The number of nitrogens with zero attached hydrogens (tertiary/aromatic N) is 1. The highest BCUT2D eigenvalue weighted by Crippen LogP contribution is 2.32. The van der Waals surface area contributed by atoms with E-state index < -0.39 is 12.2 Å². The van der Waals surface area contributed by atoms with E-state index in [2.05, 4.69) is 17.4 Å². The number of rotatable bonds is 2. The van der Waals surface area contributed by atoms with Crippen LogP contribution in [0.1, 0.15) is 22.8 Å². The Bertz CT molecular complexity index is 778. The molecule has 0 saturated carbocycles. The summed E-state index contributed by atoms with van der Waals surface area (Å²) in [5, 5.41) is 3.38. The maximum absolute atomic E-state index is 14.0. The highest BCUT2D eigenvalue weighted by atomic mass is 19.1. The minimum absolute atomic E-state index is 0.330. The fourth-order valence-corrected chi connectivity index (χ4v) is 3.40. The molecule has 2 aromatic rings. The lowest BCUT2D eigenvalue weighted by molar-refractivity contribution is 0.140. The second kappa shape index (κ2) is 6.24. The van der Waals surface area contributed by atoms with Crippen molar-refractivity contribution in [3.63, 3.8) is 0 Å². The van der Waals surface area contributed by atoms with Crippen molar-refractivity contribution in [3.05, 3.63) is 65.0 Å². The normalized spacial score (nSPS) is 20.5. The molecule has 124 valence electrons. The molecule has 2 aliphatic heterocycles. The largest absolute Gasteiger partial charge is 0.439 e. The fraction of sp³-hybridized carbons (Fsp3) is 0.316. The lowest BCUT2D eigenvalue weighted by Gasteiger charge is -2.16. The van der Waals surface area contributed by atoms with Crippen LogP contribution in [-0.2, 0) is 17.6 Å². The minimum Gasteiger partial charge on any atom is -0.439 e. The van der Waals surface area contributed by atoms with Gasteiger partial charge in [0.05, 0.1) is 6.54 Å². The van der Waals surface area contributed by atoms with Gasteiger partial charge in [-0.25, -0.2) is 9.18 Å². The monoisotopic (exact) mass is 326 g/mol. The third-order valence-corrected chi connectivity index (χ3v) is 4.71. The molecule has 1 unspecified atom stereocenters. The molecule has 1 saturated heterocycles. The van der Waals surface area contributed by atoms with Gasteiger partial charge in [0, 0.05) is 11.3 Å². The van der Waals surface area contributed by atoms with Gasteiger partial charge in [0.1, 0.15) is 11.9 Å². The van der Waals surface area contributed by atoms with Crippen molar-refractivity contribution in [2.75, 3.05) is 24.5 Å². The standard InChI is InChI=1S/C19H19FN2O2/c20-17-4-2-1-3-16(17)18-12-22(19(23)24-18)15-6-5-13-7-9-21-10-8-14(13)11-15/h1-6,11,18,21H,7-10,12H2. The minimum atomic E-state index is -0.570. The zero-order valence-corrected chi connectivity index (χ0v) is 13.3. The molecule has 2 heterocycles. The van der Waals surface area contributed by atoms with Crippen LogP contribution in [0.4, 0.5) is 14.9 Å². The van der Waals surface area contributed by atoms with Crippen LogP contribution in [0.15, 0.2) is 42.5 Å². The topological polar surface area (TPSA) is 41.6 Å². The van der Waals surface area contributed by atoms with Crippen molar-refractivity contribution in [3.8, 4) is 0 Å². The lowest BCUT2D eigenvalue weighted by atomic mass is 10.0. The highest BCUT2D eigenvalue weighted by molar-refractivity contribution is 5.90. The van der Waals surface area contributed by atoms with E-state index in [-0.39, 0.29) is 5.82 Å². The van der Waals surface area contributed by atoms with Crippen molar-refractivity contribution < 1.29 is 13.9 Å². The first-order valence-corrected chi connectivity index (χ1v) is 8.27. The van der Waals surface area contributed by atoms with Gasteiger partial charge in [-0.1, -0.05) is 24.3 Å². The molecule has 1 amide bonds. The Hall–Kier alpha value is -2.40. The average molecular weight is 326 g/mol. The van der Waals surface area contributed by atoms with E-state index in [1.807, 2.05) is 6.07 Å². The molecular weight excluding hydrogens is 307 g/mol. The molecule has 1 N–H and O–H groups in total. The quantitative estimate of drug-likeness (QED) is 0.921. The van der Waals surface area contributed by atoms with Gasteiger partial charge in [0.15, 0.2) is 0 Å². The van der Waals surface area contributed by atoms with Gasteiger partial charge in [0.25, 0.3) is 0 Å². The third kappa shape index (κ3) is 2.76. The van der Waals surface area contributed by atoms with Gasteiger partial charge >= 0.3 is 6.09 Å². The van der Waals surface area contributed by atoms with Gasteiger partial charge in [-0.3, -0.25) is 4.90 Å². The van der Waals surface area contributed by atoms with E-state index in [0.717, 1.165) is 31.6 Å². The summed E-state index contributed by atoms with van der Waals surface area (Å²) in [5.74, 6) is -0.342. The van der Waals surface area contributed by atoms with E-state index in [0.29, 0.717) is 12.1 Å². The van der Waals surface area contributed by atoms with Crippen molar-refractivity contribution in [1.82, 2.24) is 5.32 Å². The van der Waals surface area contributed by atoms with E-state index >= 15 is 0 Å². The molecule has 0 radical (unpaired) electrons. The summed E-state index contributed by atoms with van der Waals surface area (Å²) < 4.78 is 19.4. The smallest absolute Gasteiger partial charge is 0.415 e. The van der Waals surface area contributed by atoms with Gasteiger partial charge in [-0.15, -0.1) is 0 Å². The third-order valence-electron chi connectivity index (χ3n) is 4.71. The summed E-state index contributed by atoms with van der Waals surface area (Å²) in [4.78, 5) is 13.9. The molecule has 0 aliphatic carbocycles. The molecule has 4 rings (SSSR count). The summed E-state index contributed by atoms with van der Waals surface area (Å²) in [6.07, 6.45) is 0.954. The molecular formula is C19H19FN2O2. The Balaban J connectivity index is 1.60. The van der Waals surface area contributed by atoms with Crippen LogP contribution in [0.5, 0.6) is 0 Å². The number of anilines is 1. The first-order valence-electron chi connectivity index (χ1n) is 8.27. The number of fused-ring (bicyclic) bond motifs is 1. The lowest BCUT2D eigenvalue weighted by Crippen LogP contribution is -2.23. The number of benzene rings is 2. The van der Waals surface area contributed by atoms with Crippen LogP contribution in [-0.4, -0.2) is 25.7 Å². The van der Waals surface area contributed by atoms with Gasteiger partial charge in [-0.05, 0) is 55.3 Å². The SMILES string of the molecule is O=C1OC(c2ccccc2F)CN1c1ccc2c(c1)CCNCC2. The predicted molar refractivity (Wildman–Crippen MR) is 89.7 cm³/mol. The van der Waals surface area contributed by atoms with Crippen LogP contribution >= 0.6 is 0 Å². The molecule has 5 heteroatoms. The number of hydrogen-bond donors (Lipinski definition) is 1. The second-order valence-corrected chi connectivity index (χ2v) is 6.21. The summed E-state index contributed by atoms with van der Waals surface area (Å²) in [6.45, 7) is 2.25. The van der Waals surface area contributed by atoms with Crippen molar-refractivity contribution in [2.45, 2.75) is 18.9 Å². The molecule has 4 nitrogen and oxygen atoms in total. The predicted octanol–water partition coefficient (Wildman–Crippen LogP) is 3.21. The summed E-state index contributed by atoms with van der Waals surface area (Å²) in [7, 11) is 0. The van der Waals surface area contributed by atoms with Crippen LogP contribution in [0.2, 0.25) is 0 Å². The van der Waals surface area contributed by atoms with E-state index in [1.165, 1.54) is 17.2 Å². The van der Waals surface area contributed by atoms with Crippen LogP contribution < -0.4 is 10.2 Å². The summed E-state index contributed by atoms with van der Waals surface area (Å²) in [6, 6.07) is 12.5. The number of cyclic esters (lactones) is 1. The maximum Gasteiger partial charge on any atom is 0.415 e. The first kappa shape index (κ1) is 15.1. The van der Waals surface area contributed by atoms with Crippen LogP contribution in [0.25, 0.3) is 0 Å². The zero-order chi connectivity index (χ0) is 16.5. The highest BCUT2D eigenvalue weighted by Gasteiger charge is 2.34. The number of carbonyl (C=O) groups is 1. The van der Waals surface area contributed by atoms with Gasteiger partial charge in [-0.2, -0.15) is 0 Å². The Morgan fingerprint density at radius 1 is 1.08 bits per heavy atom. The number of halogens is 1. The number of hydrogen-bond acceptors (Lipinski definition) is 3. The van der Waals surface area contributed by atoms with Crippen molar-refractivity contribution in [2.24, 2.45) is 0 Å². The second-order valence-electron chi connectivity index (χ2n) is 6.21. The number of carbonyl (C=O) groups excluding carboxylic acids is 1. The summed E-state index contributed by atoms with van der Waals surface area (Å²) >= 11 is 0. The molecule has 0 bridgehead atoms. The van der Waals surface area contributed by atoms with Gasteiger partial charge < -0.3 is 10.1 Å². The molecule has 2 aliphatic rings. The van der Waals surface area contributed by atoms with E-state index in [1.54, 1.807) is 23.1 Å². The molecule has 0 aromatic heterocycles. The van der Waals surface area contributed by atoms with E-state index in [9.17, 15) is 9.18 Å². The number of nitrogens with one attached hydrogen (secondary N) is 1. The first-order chi connectivity index (χ1) is 11.7. The van der Waals surface area contributed by atoms with Crippen molar-refractivity contribution in [1.29, 1.82) is 0 Å². The average Bonchev–Trinajstić information content (AvgIpc) is 2.82. The Labute approximate surface area is 140 Å². The molecule has 2 aromatic carbocycles. The van der Waals surface area contributed by atoms with Gasteiger partial charge in [0.2, 0.25) is 0 Å². The molecule has 24 heavy (non-hydrogen) atoms. The van der Waals surface area contributed by atoms with Crippen molar-refractivity contribution >= 4 is 11.8 Å². The Morgan fingerprint density at radius 3 is 2.71 bits per heavy atom. The van der Waals surface area contributed by atoms with Crippen LogP contribution in [0, 0.1) is 5.82 Å².